The Hall–Kier alpha value is -2.80. The van der Waals surface area contributed by atoms with Crippen molar-refractivity contribution in [1.82, 2.24) is 0 Å². The first-order valence-corrected chi connectivity index (χ1v) is 9.56. The molecule has 0 unspecified atom stereocenters. The van der Waals surface area contributed by atoms with Crippen molar-refractivity contribution in [1.29, 1.82) is 0 Å². The maximum absolute atomic E-state index is 12.3. The number of rotatable bonds is 6. The van der Waals surface area contributed by atoms with E-state index >= 15 is 0 Å². The average molecular weight is 404 g/mol. The fraction of sp³-hybridized carbons (Fsp3) is 0.350. The third-order valence-electron chi connectivity index (χ3n) is 4.76. The molecule has 1 aliphatic heterocycles. The van der Waals surface area contributed by atoms with E-state index in [1.165, 1.54) is 6.07 Å². The molecule has 1 saturated heterocycles. The zero-order valence-electron chi connectivity index (χ0n) is 15.6. The minimum atomic E-state index is -0.438. The molecule has 7 nitrogen and oxygen atoms in total. The van der Waals surface area contributed by atoms with Gasteiger partial charge in [0.15, 0.2) is 6.61 Å². The number of nitrogens with zero attached hydrogens (tertiary/aromatic N) is 2. The largest absolute Gasteiger partial charge is 0.484 e. The second kappa shape index (κ2) is 8.93. The standard InChI is InChI=1S/C20H22ClN3O4/c1-14-7-5-6-10-23(14)18-12-17(16(21)11-19(18)24(26)27)22-20(25)13-28-15-8-3-2-4-9-15/h2-4,8-9,11-12,14H,5-7,10,13H2,1H3,(H,22,25)/t14-/m0/s1. The summed E-state index contributed by atoms with van der Waals surface area (Å²) in [4.78, 5) is 25.4. The lowest BCUT2D eigenvalue weighted by Crippen LogP contribution is -2.37. The van der Waals surface area contributed by atoms with Gasteiger partial charge in [0.05, 0.1) is 15.6 Å². The van der Waals surface area contributed by atoms with Crippen molar-refractivity contribution < 1.29 is 14.5 Å². The first-order chi connectivity index (χ1) is 13.5. The number of ether oxygens (including phenoxy) is 1. The van der Waals surface area contributed by atoms with E-state index in [0.29, 0.717) is 17.1 Å². The second-order valence-corrected chi connectivity index (χ2v) is 7.17. The molecule has 0 saturated carbocycles. The van der Waals surface area contributed by atoms with Crippen LogP contribution in [0.1, 0.15) is 26.2 Å². The lowest BCUT2D eigenvalue weighted by molar-refractivity contribution is -0.384. The first-order valence-electron chi connectivity index (χ1n) is 9.18. The molecular formula is C20H22ClN3O4. The summed E-state index contributed by atoms with van der Waals surface area (Å²) < 4.78 is 5.43. The van der Waals surface area contributed by atoms with Crippen LogP contribution in [0.15, 0.2) is 42.5 Å². The molecular weight excluding hydrogens is 382 g/mol. The molecule has 0 aromatic heterocycles. The fourth-order valence-electron chi connectivity index (χ4n) is 3.33. The van der Waals surface area contributed by atoms with E-state index in [9.17, 15) is 14.9 Å². The summed E-state index contributed by atoms with van der Waals surface area (Å²) in [5.74, 6) is 0.188. The number of halogens is 1. The number of carbonyl (C=O) groups is 1. The highest BCUT2D eigenvalue weighted by Crippen LogP contribution is 2.39. The molecule has 1 heterocycles. The minimum Gasteiger partial charge on any atom is -0.484 e. The molecule has 0 radical (unpaired) electrons. The van der Waals surface area contributed by atoms with Gasteiger partial charge in [-0.3, -0.25) is 14.9 Å². The Morgan fingerprint density at radius 1 is 1.32 bits per heavy atom. The van der Waals surface area contributed by atoms with E-state index in [-0.39, 0.29) is 23.4 Å². The number of benzene rings is 2. The molecule has 2 aromatic carbocycles. The number of para-hydroxylation sites is 1. The Labute approximate surface area is 168 Å². The Morgan fingerprint density at radius 3 is 2.75 bits per heavy atom. The predicted molar refractivity (Wildman–Crippen MR) is 109 cm³/mol. The minimum absolute atomic E-state index is 0.0581. The monoisotopic (exact) mass is 403 g/mol. The van der Waals surface area contributed by atoms with Crippen LogP contribution in [0.2, 0.25) is 5.02 Å². The van der Waals surface area contributed by atoms with Crippen LogP contribution in [0.3, 0.4) is 0 Å². The summed E-state index contributed by atoms with van der Waals surface area (Å²) in [5.41, 5.74) is 0.750. The number of nitrogens with one attached hydrogen (secondary N) is 1. The third kappa shape index (κ3) is 4.72. The molecule has 2 aromatic rings. The smallest absolute Gasteiger partial charge is 0.294 e. The van der Waals surface area contributed by atoms with Crippen LogP contribution in [0.25, 0.3) is 0 Å². The van der Waals surface area contributed by atoms with Crippen molar-refractivity contribution in [2.24, 2.45) is 0 Å². The topological polar surface area (TPSA) is 84.7 Å². The van der Waals surface area contributed by atoms with Crippen molar-refractivity contribution >= 4 is 34.6 Å². The van der Waals surface area contributed by atoms with Gasteiger partial charge in [-0.15, -0.1) is 0 Å². The number of amides is 1. The number of hydrogen-bond donors (Lipinski definition) is 1. The van der Waals surface area contributed by atoms with Crippen molar-refractivity contribution in [2.75, 3.05) is 23.4 Å². The van der Waals surface area contributed by atoms with Crippen molar-refractivity contribution in [3.63, 3.8) is 0 Å². The van der Waals surface area contributed by atoms with Crippen LogP contribution >= 0.6 is 11.6 Å². The van der Waals surface area contributed by atoms with Gasteiger partial charge >= 0.3 is 0 Å². The summed E-state index contributed by atoms with van der Waals surface area (Å²) in [6.07, 6.45) is 3.03. The zero-order valence-corrected chi connectivity index (χ0v) is 16.3. The number of anilines is 2. The molecule has 0 aliphatic carbocycles. The number of nitro groups is 1. The fourth-order valence-corrected chi connectivity index (χ4v) is 3.54. The van der Waals surface area contributed by atoms with Gasteiger partial charge in [-0.25, -0.2) is 0 Å². The Kier molecular flexibility index (Phi) is 6.36. The van der Waals surface area contributed by atoms with Gasteiger partial charge in [-0.05, 0) is 44.4 Å². The van der Waals surface area contributed by atoms with Gasteiger partial charge in [0.25, 0.3) is 11.6 Å². The van der Waals surface area contributed by atoms with Crippen molar-refractivity contribution in [3.8, 4) is 5.75 Å². The van der Waals surface area contributed by atoms with Crippen LogP contribution < -0.4 is 15.0 Å². The number of hydrogen-bond acceptors (Lipinski definition) is 5. The Morgan fingerprint density at radius 2 is 2.07 bits per heavy atom. The summed E-state index contributed by atoms with van der Waals surface area (Å²) >= 11 is 6.20. The van der Waals surface area contributed by atoms with E-state index in [0.717, 1.165) is 25.8 Å². The highest BCUT2D eigenvalue weighted by Gasteiger charge is 2.27. The summed E-state index contributed by atoms with van der Waals surface area (Å²) in [5, 5.41) is 14.3. The lowest BCUT2D eigenvalue weighted by Gasteiger charge is -2.35. The number of piperidine rings is 1. The van der Waals surface area contributed by atoms with E-state index in [4.69, 9.17) is 16.3 Å². The molecule has 148 valence electrons. The van der Waals surface area contributed by atoms with Crippen LogP contribution in [0.4, 0.5) is 17.1 Å². The van der Waals surface area contributed by atoms with E-state index in [1.54, 1.807) is 18.2 Å². The van der Waals surface area contributed by atoms with Crippen LogP contribution in [-0.2, 0) is 4.79 Å². The Balaban J connectivity index is 1.79. The van der Waals surface area contributed by atoms with E-state index < -0.39 is 10.8 Å². The molecule has 1 amide bonds. The molecule has 0 spiro atoms. The van der Waals surface area contributed by atoms with Crippen LogP contribution in [-0.4, -0.2) is 30.0 Å². The van der Waals surface area contributed by atoms with Gasteiger partial charge in [0, 0.05) is 18.7 Å². The molecule has 1 aliphatic rings. The summed E-state index contributed by atoms with van der Waals surface area (Å²) in [7, 11) is 0. The molecule has 28 heavy (non-hydrogen) atoms. The average Bonchev–Trinajstić information content (AvgIpc) is 2.69. The zero-order chi connectivity index (χ0) is 20.1. The molecule has 1 fully saturated rings. The Bertz CT molecular complexity index is 860. The SMILES string of the molecule is C[C@H]1CCCCN1c1cc(NC(=O)COc2ccccc2)c(Cl)cc1[N+](=O)[O-]. The first kappa shape index (κ1) is 19.9. The number of carbonyl (C=O) groups excluding carboxylic acids is 1. The summed E-state index contributed by atoms with van der Waals surface area (Å²) in [6.45, 7) is 2.59. The van der Waals surface area contributed by atoms with Gasteiger partial charge in [-0.1, -0.05) is 29.8 Å². The highest BCUT2D eigenvalue weighted by atomic mass is 35.5. The van der Waals surface area contributed by atoms with E-state index in [1.807, 2.05) is 30.0 Å². The van der Waals surface area contributed by atoms with Crippen molar-refractivity contribution in [2.45, 2.75) is 32.2 Å². The van der Waals surface area contributed by atoms with Gasteiger partial charge < -0.3 is 15.0 Å². The molecule has 1 N–H and O–H groups in total. The third-order valence-corrected chi connectivity index (χ3v) is 5.07. The van der Waals surface area contributed by atoms with Gasteiger partial charge in [0.2, 0.25) is 0 Å². The molecule has 8 heteroatoms. The highest BCUT2D eigenvalue weighted by molar-refractivity contribution is 6.34. The normalized spacial score (nSPS) is 16.5. The van der Waals surface area contributed by atoms with Crippen LogP contribution in [0.5, 0.6) is 5.75 Å². The maximum atomic E-state index is 12.3. The van der Waals surface area contributed by atoms with Crippen molar-refractivity contribution in [3.05, 3.63) is 57.6 Å². The molecule has 3 rings (SSSR count). The number of nitro benzene ring substituents is 1. The quantitative estimate of drug-likeness (QED) is 0.560. The van der Waals surface area contributed by atoms with Crippen LogP contribution in [0, 0.1) is 10.1 Å². The predicted octanol–water partition coefficient (Wildman–Crippen LogP) is 4.64. The molecule has 0 bridgehead atoms. The summed E-state index contributed by atoms with van der Waals surface area (Å²) in [6, 6.07) is 12.0. The van der Waals surface area contributed by atoms with Gasteiger partial charge in [-0.2, -0.15) is 0 Å². The molecule has 1 atom stereocenters. The second-order valence-electron chi connectivity index (χ2n) is 6.77. The van der Waals surface area contributed by atoms with E-state index in [2.05, 4.69) is 5.32 Å². The lowest BCUT2D eigenvalue weighted by atomic mass is 10.0. The van der Waals surface area contributed by atoms with Gasteiger partial charge in [0.1, 0.15) is 11.4 Å². The maximum Gasteiger partial charge on any atom is 0.294 e.